The fraction of sp³-hybridized carbons (Fsp3) is 0.188. The molecule has 0 aliphatic rings. The molecule has 0 aromatic heterocycles. The molecule has 2 aromatic rings. The molecule has 0 bridgehead atoms. The number of rotatable bonds is 5. The van der Waals surface area contributed by atoms with Crippen LogP contribution in [0.1, 0.15) is 10.4 Å². The van der Waals surface area contributed by atoms with Crippen molar-refractivity contribution in [3.63, 3.8) is 0 Å². The zero-order valence-corrected chi connectivity index (χ0v) is 14.2. The second-order valence-corrected chi connectivity index (χ2v) is 5.49. The molecule has 0 atom stereocenters. The van der Waals surface area contributed by atoms with Gasteiger partial charge in [-0.05, 0) is 30.3 Å². The third-order valence-electron chi connectivity index (χ3n) is 3.20. The summed E-state index contributed by atoms with van der Waals surface area (Å²) in [4.78, 5) is 13.9. The van der Waals surface area contributed by atoms with Crippen molar-refractivity contribution in [3.05, 3.63) is 52.0 Å². The lowest BCUT2D eigenvalue weighted by molar-refractivity contribution is -0.0512. The number of hydrogen-bond donors (Lipinski definition) is 0. The van der Waals surface area contributed by atoms with Gasteiger partial charge in [0.25, 0.3) is 5.91 Å². The predicted molar refractivity (Wildman–Crippen MR) is 88.8 cm³/mol. The van der Waals surface area contributed by atoms with Gasteiger partial charge in [-0.15, -0.1) is 0 Å². The number of benzene rings is 2. The lowest BCUT2D eigenvalue weighted by atomic mass is 10.1. The summed E-state index contributed by atoms with van der Waals surface area (Å²) in [6.07, 6.45) is 0. The number of carbonyl (C=O) groups is 1. The number of methoxy groups -OCH3 is 1. The van der Waals surface area contributed by atoms with E-state index in [4.69, 9.17) is 27.9 Å². The molecule has 0 aliphatic carbocycles. The van der Waals surface area contributed by atoms with Crippen LogP contribution in [0.4, 0.5) is 14.5 Å². The number of amides is 1. The van der Waals surface area contributed by atoms with Crippen LogP contribution in [0.3, 0.4) is 0 Å². The maximum absolute atomic E-state index is 12.6. The van der Waals surface area contributed by atoms with Gasteiger partial charge in [0.05, 0.1) is 22.8 Å². The molecule has 0 radical (unpaired) electrons. The SMILES string of the molecule is COc1cc(C(=O)N(C)c2c(Cl)cccc2Cl)ccc1OC(F)F. The summed E-state index contributed by atoms with van der Waals surface area (Å²) in [5, 5.41) is 0.617. The summed E-state index contributed by atoms with van der Waals surface area (Å²) in [5.74, 6) is -0.589. The molecule has 0 saturated heterocycles. The van der Waals surface area contributed by atoms with E-state index in [1.165, 1.54) is 37.3 Å². The highest BCUT2D eigenvalue weighted by Crippen LogP contribution is 2.35. The number of hydrogen-bond acceptors (Lipinski definition) is 3. The van der Waals surface area contributed by atoms with Crippen LogP contribution in [-0.2, 0) is 0 Å². The van der Waals surface area contributed by atoms with E-state index in [1.807, 2.05) is 0 Å². The topological polar surface area (TPSA) is 38.8 Å². The average Bonchev–Trinajstić information content (AvgIpc) is 2.53. The van der Waals surface area contributed by atoms with Crippen molar-refractivity contribution in [2.45, 2.75) is 6.61 Å². The van der Waals surface area contributed by atoms with Gasteiger partial charge in [0, 0.05) is 12.6 Å². The Kier molecular flexibility index (Phi) is 5.85. The molecule has 0 unspecified atom stereocenters. The van der Waals surface area contributed by atoms with E-state index in [0.29, 0.717) is 15.7 Å². The van der Waals surface area contributed by atoms with Crippen LogP contribution >= 0.6 is 23.2 Å². The number of carbonyl (C=O) groups excluding carboxylic acids is 1. The Morgan fingerprint density at radius 1 is 1.12 bits per heavy atom. The van der Waals surface area contributed by atoms with E-state index in [9.17, 15) is 13.6 Å². The zero-order valence-electron chi connectivity index (χ0n) is 12.7. The average molecular weight is 376 g/mol. The third kappa shape index (κ3) is 3.88. The van der Waals surface area contributed by atoms with Crippen molar-refractivity contribution >= 4 is 34.8 Å². The lowest BCUT2D eigenvalue weighted by Crippen LogP contribution is -2.26. The van der Waals surface area contributed by atoms with Gasteiger partial charge < -0.3 is 14.4 Å². The Morgan fingerprint density at radius 2 is 1.75 bits per heavy atom. The molecule has 1 amide bonds. The molecule has 0 spiro atoms. The molecule has 4 nitrogen and oxygen atoms in total. The van der Waals surface area contributed by atoms with E-state index in [1.54, 1.807) is 18.2 Å². The molecule has 0 N–H and O–H groups in total. The van der Waals surface area contributed by atoms with E-state index in [-0.39, 0.29) is 17.1 Å². The largest absolute Gasteiger partial charge is 0.493 e. The maximum Gasteiger partial charge on any atom is 0.387 e. The highest BCUT2D eigenvalue weighted by atomic mass is 35.5. The molecule has 2 rings (SSSR count). The number of nitrogens with zero attached hydrogens (tertiary/aromatic N) is 1. The Balaban J connectivity index is 2.36. The Bertz CT molecular complexity index is 736. The fourth-order valence-electron chi connectivity index (χ4n) is 2.10. The van der Waals surface area contributed by atoms with Crippen molar-refractivity contribution in [1.82, 2.24) is 0 Å². The monoisotopic (exact) mass is 375 g/mol. The van der Waals surface area contributed by atoms with Gasteiger partial charge in [-0.2, -0.15) is 8.78 Å². The predicted octanol–water partition coefficient (Wildman–Crippen LogP) is 4.88. The summed E-state index contributed by atoms with van der Waals surface area (Å²) in [5.41, 5.74) is 0.546. The van der Waals surface area contributed by atoms with E-state index in [2.05, 4.69) is 4.74 Å². The molecule has 0 saturated carbocycles. The van der Waals surface area contributed by atoms with Crippen LogP contribution in [-0.4, -0.2) is 26.7 Å². The summed E-state index contributed by atoms with van der Waals surface area (Å²) in [6.45, 7) is -3.00. The molecule has 0 heterocycles. The smallest absolute Gasteiger partial charge is 0.387 e. The summed E-state index contributed by atoms with van der Waals surface area (Å²) in [7, 11) is 2.79. The normalized spacial score (nSPS) is 10.6. The number of anilines is 1. The van der Waals surface area contributed by atoms with Crippen LogP contribution in [0, 0.1) is 0 Å². The van der Waals surface area contributed by atoms with Crippen molar-refractivity contribution in [2.75, 3.05) is 19.1 Å². The first-order valence-electron chi connectivity index (χ1n) is 6.70. The summed E-state index contributed by atoms with van der Waals surface area (Å²) < 4.78 is 34.0. The van der Waals surface area contributed by atoms with Crippen molar-refractivity contribution in [1.29, 1.82) is 0 Å². The first-order chi connectivity index (χ1) is 11.3. The summed E-state index contributed by atoms with van der Waals surface area (Å²) >= 11 is 12.2. The van der Waals surface area contributed by atoms with Crippen LogP contribution < -0.4 is 14.4 Å². The van der Waals surface area contributed by atoms with Crippen molar-refractivity contribution in [2.24, 2.45) is 0 Å². The molecule has 0 fully saturated rings. The molecule has 2 aromatic carbocycles. The van der Waals surface area contributed by atoms with E-state index >= 15 is 0 Å². The molecule has 24 heavy (non-hydrogen) atoms. The van der Waals surface area contributed by atoms with Gasteiger partial charge in [-0.25, -0.2) is 0 Å². The summed E-state index contributed by atoms with van der Waals surface area (Å²) in [6, 6.07) is 8.76. The lowest BCUT2D eigenvalue weighted by Gasteiger charge is -2.20. The molecule has 8 heteroatoms. The van der Waals surface area contributed by atoms with Gasteiger partial charge >= 0.3 is 6.61 Å². The van der Waals surface area contributed by atoms with Crippen LogP contribution in [0.15, 0.2) is 36.4 Å². The van der Waals surface area contributed by atoms with Gasteiger partial charge in [-0.3, -0.25) is 4.79 Å². The Labute approximate surface area is 147 Å². The quantitative estimate of drug-likeness (QED) is 0.747. The number of para-hydroxylation sites is 1. The first-order valence-corrected chi connectivity index (χ1v) is 7.45. The molecular weight excluding hydrogens is 363 g/mol. The van der Waals surface area contributed by atoms with Gasteiger partial charge in [0.2, 0.25) is 0 Å². The first kappa shape index (κ1) is 18.3. The standard InChI is InChI=1S/C16H13Cl2F2NO3/c1-21(14-10(17)4-3-5-11(14)18)15(22)9-6-7-12(24-16(19)20)13(8-9)23-2/h3-8,16H,1-2H3. The van der Waals surface area contributed by atoms with Gasteiger partial charge in [-0.1, -0.05) is 29.3 Å². The van der Waals surface area contributed by atoms with Crippen LogP contribution in [0.5, 0.6) is 11.5 Å². The Hall–Kier alpha value is -2.05. The second-order valence-electron chi connectivity index (χ2n) is 4.68. The Morgan fingerprint density at radius 3 is 2.29 bits per heavy atom. The highest BCUT2D eigenvalue weighted by Gasteiger charge is 2.20. The van der Waals surface area contributed by atoms with Crippen LogP contribution in [0.25, 0.3) is 0 Å². The second kappa shape index (κ2) is 7.68. The molecule has 0 aliphatic heterocycles. The third-order valence-corrected chi connectivity index (χ3v) is 3.81. The van der Waals surface area contributed by atoms with Crippen molar-refractivity contribution < 1.29 is 23.0 Å². The fourth-order valence-corrected chi connectivity index (χ4v) is 2.75. The van der Waals surface area contributed by atoms with Gasteiger partial charge in [0.1, 0.15) is 0 Å². The van der Waals surface area contributed by atoms with Crippen LogP contribution in [0.2, 0.25) is 10.0 Å². The minimum absolute atomic E-state index is 0.0137. The highest BCUT2D eigenvalue weighted by molar-refractivity contribution is 6.40. The minimum atomic E-state index is -3.00. The molecular formula is C16H13Cl2F2NO3. The van der Waals surface area contributed by atoms with E-state index < -0.39 is 12.5 Å². The van der Waals surface area contributed by atoms with Crippen molar-refractivity contribution in [3.8, 4) is 11.5 Å². The maximum atomic E-state index is 12.6. The number of alkyl halides is 2. The number of ether oxygens (including phenoxy) is 2. The van der Waals surface area contributed by atoms with E-state index in [0.717, 1.165) is 0 Å². The van der Waals surface area contributed by atoms with Gasteiger partial charge in [0.15, 0.2) is 11.5 Å². The zero-order chi connectivity index (χ0) is 17.9. The molecule has 128 valence electrons. The number of halogens is 4. The minimum Gasteiger partial charge on any atom is -0.493 e.